The Kier molecular flexibility index (Phi) is 5.43. The highest BCUT2D eigenvalue weighted by Crippen LogP contribution is 2.39. The molecular formula is C24H25NO2. The molecule has 0 spiro atoms. The fraction of sp³-hybridized carbons (Fsp3) is 0.208. The standard InChI is InChI=1S/C24H25NO2/c1-17-13-18(2)15-19(14-17)16-24(22(25)23(26)27,20-9-5-3-6-10-20)21-11-7-4-8-12-21/h3-15,22H,16,25H2,1-2H3,(H,26,27). The van der Waals surface area contributed by atoms with Gasteiger partial charge in [0.25, 0.3) is 0 Å². The van der Waals surface area contributed by atoms with Gasteiger partial charge in [-0.1, -0.05) is 90.0 Å². The molecule has 0 bridgehead atoms. The average Bonchev–Trinajstić information content (AvgIpc) is 2.66. The van der Waals surface area contributed by atoms with E-state index >= 15 is 0 Å². The molecule has 3 heteroatoms. The van der Waals surface area contributed by atoms with Crippen LogP contribution in [0.1, 0.15) is 27.8 Å². The lowest BCUT2D eigenvalue weighted by Gasteiger charge is -2.38. The zero-order chi connectivity index (χ0) is 19.4. The van der Waals surface area contributed by atoms with Crippen LogP contribution in [0.2, 0.25) is 0 Å². The van der Waals surface area contributed by atoms with E-state index in [0.717, 1.165) is 27.8 Å². The van der Waals surface area contributed by atoms with Crippen LogP contribution >= 0.6 is 0 Å². The van der Waals surface area contributed by atoms with Gasteiger partial charge >= 0.3 is 5.97 Å². The molecule has 0 aromatic heterocycles. The van der Waals surface area contributed by atoms with Crippen molar-refractivity contribution in [3.63, 3.8) is 0 Å². The van der Waals surface area contributed by atoms with Gasteiger partial charge in [0.2, 0.25) is 0 Å². The first kappa shape index (κ1) is 18.9. The second-order valence-corrected chi connectivity index (χ2v) is 7.19. The Morgan fingerprint density at radius 3 is 1.74 bits per heavy atom. The first-order valence-electron chi connectivity index (χ1n) is 9.10. The van der Waals surface area contributed by atoms with Crippen LogP contribution in [0.4, 0.5) is 0 Å². The monoisotopic (exact) mass is 359 g/mol. The number of hydrogen-bond donors (Lipinski definition) is 2. The minimum absolute atomic E-state index is 0.511. The van der Waals surface area contributed by atoms with E-state index in [4.69, 9.17) is 5.73 Å². The van der Waals surface area contributed by atoms with Gasteiger partial charge in [-0.2, -0.15) is 0 Å². The highest BCUT2D eigenvalue weighted by atomic mass is 16.4. The fourth-order valence-electron chi connectivity index (χ4n) is 4.01. The van der Waals surface area contributed by atoms with Crippen molar-refractivity contribution in [2.45, 2.75) is 31.7 Å². The van der Waals surface area contributed by atoms with Crippen LogP contribution in [0.15, 0.2) is 78.9 Å². The molecule has 0 aliphatic rings. The SMILES string of the molecule is Cc1cc(C)cc(CC(c2ccccc2)(c2ccccc2)C(N)C(=O)O)c1. The first-order chi connectivity index (χ1) is 12.9. The van der Waals surface area contributed by atoms with Gasteiger partial charge in [0.1, 0.15) is 6.04 Å². The molecule has 0 aliphatic heterocycles. The molecule has 0 heterocycles. The normalized spacial score (nSPS) is 12.6. The zero-order valence-electron chi connectivity index (χ0n) is 15.7. The van der Waals surface area contributed by atoms with Crippen molar-refractivity contribution >= 4 is 5.97 Å². The number of rotatable bonds is 6. The van der Waals surface area contributed by atoms with Crippen molar-refractivity contribution in [3.05, 3.63) is 107 Å². The van der Waals surface area contributed by atoms with E-state index in [1.807, 2.05) is 60.7 Å². The third-order valence-corrected chi connectivity index (χ3v) is 5.14. The summed E-state index contributed by atoms with van der Waals surface area (Å²) in [6, 6.07) is 24.7. The Labute approximate surface area is 160 Å². The fourth-order valence-corrected chi connectivity index (χ4v) is 4.01. The summed E-state index contributed by atoms with van der Waals surface area (Å²) in [5, 5.41) is 9.90. The second-order valence-electron chi connectivity index (χ2n) is 7.19. The predicted molar refractivity (Wildman–Crippen MR) is 109 cm³/mol. The Morgan fingerprint density at radius 2 is 1.33 bits per heavy atom. The third kappa shape index (κ3) is 3.79. The van der Waals surface area contributed by atoms with Gasteiger partial charge in [0, 0.05) is 0 Å². The van der Waals surface area contributed by atoms with Gasteiger partial charge in [0.15, 0.2) is 0 Å². The Morgan fingerprint density at radius 1 is 0.889 bits per heavy atom. The van der Waals surface area contributed by atoms with E-state index in [9.17, 15) is 9.90 Å². The molecule has 3 N–H and O–H groups in total. The lowest BCUT2D eigenvalue weighted by molar-refractivity contribution is -0.140. The predicted octanol–water partition coefficient (Wildman–Crippen LogP) is 4.24. The molecule has 27 heavy (non-hydrogen) atoms. The largest absolute Gasteiger partial charge is 0.480 e. The van der Waals surface area contributed by atoms with Crippen LogP contribution in [-0.2, 0) is 16.6 Å². The van der Waals surface area contributed by atoms with Gasteiger partial charge in [0.05, 0.1) is 5.41 Å². The Bertz CT molecular complexity index is 860. The molecule has 138 valence electrons. The molecule has 3 aromatic rings. The average molecular weight is 359 g/mol. The molecule has 0 saturated carbocycles. The molecule has 3 rings (SSSR count). The summed E-state index contributed by atoms with van der Waals surface area (Å²) < 4.78 is 0. The summed E-state index contributed by atoms with van der Waals surface area (Å²) in [5.74, 6) is -1.01. The number of carboxylic acids is 1. The van der Waals surface area contributed by atoms with Crippen molar-refractivity contribution < 1.29 is 9.90 Å². The van der Waals surface area contributed by atoms with E-state index in [0.29, 0.717) is 6.42 Å². The Hall–Kier alpha value is -2.91. The number of aliphatic carboxylic acids is 1. The quantitative estimate of drug-likeness (QED) is 0.692. The van der Waals surface area contributed by atoms with E-state index < -0.39 is 17.4 Å². The van der Waals surface area contributed by atoms with Gasteiger partial charge in [-0.25, -0.2) is 0 Å². The van der Waals surface area contributed by atoms with Gasteiger partial charge in [-0.15, -0.1) is 0 Å². The zero-order valence-corrected chi connectivity index (χ0v) is 15.7. The molecule has 1 unspecified atom stereocenters. The maximum Gasteiger partial charge on any atom is 0.321 e. The third-order valence-electron chi connectivity index (χ3n) is 5.14. The van der Waals surface area contributed by atoms with Crippen molar-refractivity contribution in [1.82, 2.24) is 0 Å². The second kappa shape index (κ2) is 7.77. The molecule has 1 atom stereocenters. The van der Waals surface area contributed by atoms with E-state index in [-0.39, 0.29) is 0 Å². The molecule has 0 aliphatic carbocycles. The van der Waals surface area contributed by atoms with E-state index in [2.05, 4.69) is 32.0 Å². The topological polar surface area (TPSA) is 63.3 Å². The molecule has 0 fully saturated rings. The van der Waals surface area contributed by atoms with Crippen molar-refractivity contribution in [2.75, 3.05) is 0 Å². The minimum Gasteiger partial charge on any atom is -0.480 e. The van der Waals surface area contributed by atoms with Crippen LogP contribution in [0.3, 0.4) is 0 Å². The van der Waals surface area contributed by atoms with E-state index in [1.54, 1.807) is 0 Å². The van der Waals surface area contributed by atoms with Crippen molar-refractivity contribution in [2.24, 2.45) is 5.73 Å². The number of nitrogens with two attached hydrogens (primary N) is 1. The minimum atomic E-state index is -1.08. The summed E-state index contributed by atoms with van der Waals surface area (Å²) in [7, 11) is 0. The molecule has 0 radical (unpaired) electrons. The molecule has 0 saturated heterocycles. The maximum absolute atomic E-state index is 12.1. The lowest BCUT2D eigenvalue weighted by Crippen LogP contribution is -2.52. The van der Waals surface area contributed by atoms with Gasteiger partial charge in [-0.05, 0) is 37.0 Å². The number of aryl methyl sites for hydroxylation is 2. The van der Waals surface area contributed by atoms with E-state index in [1.165, 1.54) is 0 Å². The van der Waals surface area contributed by atoms with Crippen LogP contribution in [-0.4, -0.2) is 17.1 Å². The van der Waals surface area contributed by atoms with Crippen molar-refractivity contribution in [3.8, 4) is 0 Å². The number of hydrogen-bond acceptors (Lipinski definition) is 2. The number of carboxylic acid groups (broad SMARTS) is 1. The maximum atomic E-state index is 12.1. The summed E-state index contributed by atoms with van der Waals surface area (Å²) in [6.45, 7) is 4.11. The van der Waals surface area contributed by atoms with Crippen LogP contribution in [0, 0.1) is 13.8 Å². The highest BCUT2D eigenvalue weighted by molar-refractivity contribution is 5.77. The summed E-state index contributed by atoms with van der Waals surface area (Å²) in [4.78, 5) is 12.1. The summed E-state index contributed by atoms with van der Waals surface area (Å²) in [6.07, 6.45) is 0.511. The smallest absolute Gasteiger partial charge is 0.321 e. The number of carbonyl (C=O) groups is 1. The molecule has 3 nitrogen and oxygen atoms in total. The summed E-state index contributed by atoms with van der Waals surface area (Å²) in [5.41, 5.74) is 10.7. The lowest BCUT2D eigenvalue weighted by atomic mass is 9.65. The first-order valence-corrected chi connectivity index (χ1v) is 9.10. The summed E-state index contributed by atoms with van der Waals surface area (Å²) >= 11 is 0. The number of benzene rings is 3. The van der Waals surface area contributed by atoms with Gasteiger partial charge in [-0.3, -0.25) is 4.79 Å². The van der Waals surface area contributed by atoms with Gasteiger partial charge < -0.3 is 10.8 Å². The highest BCUT2D eigenvalue weighted by Gasteiger charge is 2.44. The molecular weight excluding hydrogens is 334 g/mol. The van der Waals surface area contributed by atoms with Crippen molar-refractivity contribution in [1.29, 1.82) is 0 Å². The molecule has 3 aromatic carbocycles. The molecule has 0 amide bonds. The Balaban J connectivity index is 2.27. The van der Waals surface area contributed by atoms with Crippen LogP contribution in [0.25, 0.3) is 0 Å². The van der Waals surface area contributed by atoms with Crippen LogP contribution < -0.4 is 5.73 Å². The van der Waals surface area contributed by atoms with Crippen LogP contribution in [0.5, 0.6) is 0 Å².